The number of benzene rings is 2. The van der Waals surface area contributed by atoms with Gasteiger partial charge < -0.3 is 0 Å². The SMILES string of the molecule is CCCCn1c(=O)c2ccccc2n2c(SCc3c(C)cc(C)c(C(C)=O)c3C)nnc12. The van der Waals surface area contributed by atoms with Crippen LogP contribution in [0.15, 0.2) is 40.3 Å². The molecule has 0 fully saturated rings. The van der Waals surface area contributed by atoms with Crippen molar-refractivity contribution in [3.63, 3.8) is 0 Å². The van der Waals surface area contributed by atoms with Crippen LogP contribution in [-0.4, -0.2) is 24.9 Å². The summed E-state index contributed by atoms with van der Waals surface area (Å²) in [7, 11) is 0. The molecule has 6 nitrogen and oxygen atoms in total. The number of Topliss-reactive ketones (excluding diaryl/α,β-unsaturated/α-hetero) is 1. The molecule has 0 aliphatic rings. The lowest BCUT2D eigenvalue weighted by Gasteiger charge is -2.15. The number of carbonyl (C=O) groups is 1. The van der Waals surface area contributed by atoms with Crippen LogP contribution in [0, 0.1) is 20.8 Å². The maximum Gasteiger partial charge on any atom is 0.262 e. The largest absolute Gasteiger partial charge is 0.294 e. The summed E-state index contributed by atoms with van der Waals surface area (Å²) in [5.74, 6) is 1.33. The van der Waals surface area contributed by atoms with Crippen LogP contribution in [0.25, 0.3) is 16.7 Å². The highest BCUT2D eigenvalue weighted by Crippen LogP contribution is 2.30. The average Bonchev–Trinajstić information content (AvgIpc) is 3.17. The average molecular weight is 449 g/mol. The summed E-state index contributed by atoms with van der Waals surface area (Å²) in [4.78, 5) is 25.3. The molecule has 0 atom stereocenters. The third kappa shape index (κ3) is 3.75. The van der Waals surface area contributed by atoms with Crippen molar-refractivity contribution in [2.75, 3.05) is 0 Å². The molecule has 0 amide bonds. The number of thioether (sulfide) groups is 1. The Morgan fingerprint density at radius 3 is 2.56 bits per heavy atom. The number of hydrogen-bond donors (Lipinski definition) is 0. The van der Waals surface area contributed by atoms with Gasteiger partial charge in [-0.15, -0.1) is 10.2 Å². The zero-order valence-corrected chi connectivity index (χ0v) is 20.0. The summed E-state index contributed by atoms with van der Waals surface area (Å²) in [6, 6.07) is 9.71. The van der Waals surface area contributed by atoms with Crippen molar-refractivity contribution in [1.29, 1.82) is 0 Å². The van der Waals surface area contributed by atoms with E-state index in [1.165, 1.54) is 0 Å². The highest BCUT2D eigenvalue weighted by Gasteiger charge is 2.19. The number of nitrogens with zero attached hydrogens (tertiary/aromatic N) is 4. The van der Waals surface area contributed by atoms with E-state index in [0.717, 1.165) is 51.3 Å². The Morgan fingerprint density at radius 1 is 1.09 bits per heavy atom. The molecule has 0 aliphatic heterocycles. The van der Waals surface area contributed by atoms with Crippen LogP contribution in [0.3, 0.4) is 0 Å². The zero-order chi connectivity index (χ0) is 23.0. The highest BCUT2D eigenvalue weighted by atomic mass is 32.2. The lowest BCUT2D eigenvalue weighted by molar-refractivity contribution is 0.101. The van der Waals surface area contributed by atoms with Crippen molar-refractivity contribution in [2.45, 2.75) is 64.9 Å². The minimum atomic E-state index is -0.0261. The van der Waals surface area contributed by atoms with Crippen molar-refractivity contribution in [1.82, 2.24) is 19.2 Å². The fourth-order valence-corrected chi connectivity index (χ4v) is 5.60. The summed E-state index contributed by atoms with van der Waals surface area (Å²) >= 11 is 1.58. The quantitative estimate of drug-likeness (QED) is 0.285. The molecule has 0 saturated carbocycles. The van der Waals surface area contributed by atoms with Gasteiger partial charge in [0.05, 0.1) is 10.9 Å². The first-order valence-corrected chi connectivity index (χ1v) is 11.9. The van der Waals surface area contributed by atoms with Crippen LogP contribution in [0.2, 0.25) is 0 Å². The molecular weight excluding hydrogens is 420 g/mol. The Bertz CT molecular complexity index is 1400. The first-order valence-electron chi connectivity index (χ1n) is 10.9. The molecular formula is C25H28N4O2S. The fraction of sp³-hybridized carbons (Fsp3) is 0.360. The van der Waals surface area contributed by atoms with Gasteiger partial charge in [-0.2, -0.15) is 0 Å². The van der Waals surface area contributed by atoms with Crippen molar-refractivity contribution >= 4 is 34.2 Å². The van der Waals surface area contributed by atoms with E-state index in [0.29, 0.717) is 23.5 Å². The monoisotopic (exact) mass is 448 g/mol. The van der Waals surface area contributed by atoms with Crippen LogP contribution in [0.5, 0.6) is 0 Å². The standard InChI is InChI=1S/C25H28N4O2S/c1-6-7-12-28-23(31)19-10-8-9-11-21(19)29-24(28)26-27-25(29)32-14-20-15(2)13-16(3)22(17(20)4)18(5)30/h8-11,13H,6-7,12,14H2,1-5H3. The van der Waals surface area contributed by atoms with Gasteiger partial charge in [0.15, 0.2) is 10.9 Å². The van der Waals surface area contributed by atoms with E-state index in [1.54, 1.807) is 23.3 Å². The van der Waals surface area contributed by atoms with Gasteiger partial charge in [-0.3, -0.25) is 18.6 Å². The van der Waals surface area contributed by atoms with Crippen molar-refractivity contribution < 1.29 is 4.79 Å². The summed E-state index contributed by atoms with van der Waals surface area (Å²) in [5.41, 5.74) is 5.94. The van der Waals surface area contributed by atoms with Gasteiger partial charge in [-0.25, -0.2) is 0 Å². The van der Waals surface area contributed by atoms with Gasteiger partial charge in [0, 0.05) is 17.9 Å². The van der Waals surface area contributed by atoms with E-state index in [4.69, 9.17) is 0 Å². The number of unbranched alkanes of at least 4 members (excludes halogenated alkanes) is 1. The second-order valence-electron chi connectivity index (χ2n) is 8.28. The van der Waals surface area contributed by atoms with Crippen LogP contribution in [0.4, 0.5) is 0 Å². The van der Waals surface area contributed by atoms with Crippen LogP contribution in [-0.2, 0) is 12.3 Å². The Kier molecular flexibility index (Phi) is 6.20. The molecule has 4 rings (SSSR count). The van der Waals surface area contributed by atoms with Gasteiger partial charge in [-0.1, -0.05) is 43.3 Å². The fourth-order valence-electron chi connectivity index (χ4n) is 4.47. The van der Waals surface area contributed by atoms with Gasteiger partial charge in [0.2, 0.25) is 5.78 Å². The van der Waals surface area contributed by atoms with E-state index in [-0.39, 0.29) is 11.3 Å². The molecule has 2 heterocycles. The van der Waals surface area contributed by atoms with E-state index >= 15 is 0 Å². The lowest BCUT2D eigenvalue weighted by Crippen LogP contribution is -2.23. The summed E-state index contributed by atoms with van der Waals surface area (Å²) in [6.07, 6.45) is 1.89. The van der Waals surface area contributed by atoms with Crippen molar-refractivity contribution in [2.24, 2.45) is 0 Å². The second kappa shape index (κ2) is 8.90. The number of para-hydroxylation sites is 1. The molecule has 0 N–H and O–H groups in total. The molecule has 4 aromatic rings. The maximum atomic E-state index is 13.1. The number of aromatic nitrogens is 4. The molecule has 0 bridgehead atoms. The minimum Gasteiger partial charge on any atom is -0.294 e. The molecule has 0 radical (unpaired) electrons. The van der Waals surface area contributed by atoms with Crippen molar-refractivity contribution in [3.05, 3.63) is 68.5 Å². The molecule has 0 saturated heterocycles. The van der Waals surface area contributed by atoms with E-state index < -0.39 is 0 Å². The molecule has 7 heteroatoms. The second-order valence-corrected chi connectivity index (χ2v) is 9.22. The van der Waals surface area contributed by atoms with Gasteiger partial charge in [0.25, 0.3) is 5.56 Å². The van der Waals surface area contributed by atoms with Crippen LogP contribution >= 0.6 is 11.8 Å². The summed E-state index contributed by atoms with van der Waals surface area (Å²) in [5, 5.41) is 10.3. The number of fused-ring (bicyclic) bond motifs is 3. The first kappa shape index (κ1) is 22.3. The molecule has 0 spiro atoms. The van der Waals surface area contributed by atoms with Crippen LogP contribution < -0.4 is 5.56 Å². The van der Waals surface area contributed by atoms with E-state index in [2.05, 4.69) is 30.1 Å². The molecule has 32 heavy (non-hydrogen) atoms. The summed E-state index contributed by atoms with van der Waals surface area (Å²) < 4.78 is 3.72. The third-order valence-corrected chi connectivity index (χ3v) is 7.00. The van der Waals surface area contributed by atoms with Gasteiger partial charge in [-0.05, 0) is 68.5 Å². The zero-order valence-electron chi connectivity index (χ0n) is 19.2. The Hall–Kier alpha value is -2.93. The number of carbonyl (C=O) groups excluding carboxylic acids is 1. The number of ketones is 1. The normalized spacial score (nSPS) is 11.5. The summed E-state index contributed by atoms with van der Waals surface area (Å²) in [6.45, 7) is 10.4. The van der Waals surface area contributed by atoms with Crippen LogP contribution in [0.1, 0.15) is 59.3 Å². The molecule has 0 unspecified atom stereocenters. The number of hydrogen-bond acceptors (Lipinski definition) is 5. The Balaban J connectivity index is 1.82. The first-order chi connectivity index (χ1) is 15.3. The lowest BCUT2D eigenvalue weighted by atomic mass is 9.92. The van der Waals surface area contributed by atoms with E-state index in [1.807, 2.05) is 42.5 Å². The predicted molar refractivity (Wildman–Crippen MR) is 130 cm³/mol. The molecule has 2 aromatic heterocycles. The maximum absolute atomic E-state index is 13.1. The Morgan fingerprint density at radius 2 is 1.84 bits per heavy atom. The minimum absolute atomic E-state index is 0.0261. The number of aryl methyl sites for hydroxylation is 3. The van der Waals surface area contributed by atoms with Crippen molar-refractivity contribution in [3.8, 4) is 0 Å². The predicted octanol–water partition coefficient (Wildman–Crippen LogP) is 5.26. The Labute approximate surface area is 191 Å². The molecule has 166 valence electrons. The highest BCUT2D eigenvalue weighted by molar-refractivity contribution is 7.98. The third-order valence-electron chi connectivity index (χ3n) is 6.04. The topological polar surface area (TPSA) is 69.3 Å². The smallest absolute Gasteiger partial charge is 0.262 e. The van der Waals surface area contributed by atoms with Gasteiger partial charge >= 0.3 is 0 Å². The molecule has 0 aliphatic carbocycles. The molecule has 2 aromatic carbocycles. The van der Waals surface area contributed by atoms with Gasteiger partial charge in [0.1, 0.15) is 0 Å². The van der Waals surface area contributed by atoms with E-state index in [9.17, 15) is 9.59 Å². The number of rotatable bonds is 7.